The number of carboxylic acids is 1. The molecule has 7 heteroatoms. The van der Waals surface area contributed by atoms with E-state index in [2.05, 4.69) is 0 Å². The van der Waals surface area contributed by atoms with Gasteiger partial charge in [0.2, 0.25) is 0 Å². The molecule has 1 aromatic rings. The lowest BCUT2D eigenvalue weighted by Gasteiger charge is -2.32. The largest absolute Gasteiger partial charge is 0.478 e. The second-order valence-electron chi connectivity index (χ2n) is 4.17. The van der Waals surface area contributed by atoms with Gasteiger partial charge < -0.3 is 19.3 Å². The number of amides is 2. The minimum Gasteiger partial charge on any atom is -0.478 e. The zero-order valence-corrected chi connectivity index (χ0v) is 10.5. The molecule has 1 aliphatic rings. The summed E-state index contributed by atoms with van der Waals surface area (Å²) in [5.41, 5.74) is 0.0122. The van der Waals surface area contributed by atoms with Crippen molar-refractivity contribution >= 4 is 17.8 Å². The number of rotatable bonds is 4. The van der Waals surface area contributed by atoms with Gasteiger partial charge in [-0.1, -0.05) is 0 Å². The van der Waals surface area contributed by atoms with Crippen LogP contribution in [0.15, 0.2) is 16.7 Å². The summed E-state index contributed by atoms with van der Waals surface area (Å²) in [5, 5.41) is 8.94. The van der Waals surface area contributed by atoms with Crippen molar-refractivity contribution in [2.75, 3.05) is 19.6 Å². The zero-order chi connectivity index (χ0) is 14.0. The summed E-state index contributed by atoms with van der Waals surface area (Å²) in [5.74, 6) is -2.12. The molecule has 0 atom stereocenters. The van der Waals surface area contributed by atoms with Crippen LogP contribution in [-0.2, 0) is 16.1 Å². The Morgan fingerprint density at radius 2 is 1.95 bits per heavy atom. The molecule has 2 amide bonds. The Balaban J connectivity index is 2.12. The van der Waals surface area contributed by atoms with Crippen LogP contribution in [0.5, 0.6) is 0 Å². The Hall–Kier alpha value is -2.31. The molecule has 2 heterocycles. The number of aromatic carboxylic acids is 1. The van der Waals surface area contributed by atoms with E-state index in [9.17, 15) is 14.4 Å². The van der Waals surface area contributed by atoms with Gasteiger partial charge >= 0.3 is 17.8 Å². The van der Waals surface area contributed by atoms with E-state index < -0.39 is 17.8 Å². The summed E-state index contributed by atoms with van der Waals surface area (Å²) in [6.45, 7) is 3.11. The van der Waals surface area contributed by atoms with Crippen molar-refractivity contribution in [1.82, 2.24) is 9.80 Å². The quantitative estimate of drug-likeness (QED) is 0.784. The first kappa shape index (κ1) is 13.1. The number of nitrogens with zero attached hydrogens (tertiary/aromatic N) is 2. The van der Waals surface area contributed by atoms with Gasteiger partial charge in [0.25, 0.3) is 0 Å². The number of furan rings is 1. The molecule has 0 radical (unpaired) electrons. The predicted octanol–water partition coefficient (Wildman–Crippen LogP) is 0.168. The number of carbonyl (C=O) groups is 3. The van der Waals surface area contributed by atoms with Crippen LogP contribution in [0, 0.1) is 0 Å². The first-order valence-electron chi connectivity index (χ1n) is 5.92. The summed E-state index contributed by atoms with van der Waals surface area (Å²) in [7, 11) is 0. The van der Waals surface area contributed by atoms with Gasteiger partial charge in [-0.05, 0) is 13.0 Å². The fourth-order valence-corrected chi connectivity index (χ4v) is 1.99. The van der Waals surface area contributed by atoms with Gasteiger partial charge in [-0.2, -0.15) is 0 Å². The first-order valence-corrected chi connectivity index (χ1v) is 5.92. The van der Waals surface area contributed by atoms with E-state index in [0.29, 0.717) is 19.6 Å². The van der Waals surface area contributed by atoms with Crippen molar-refractivity contribution in [1.29, 1.82) is 0 Å². The highest BCUT2D eigenvalue weighted by Crippen LogP contribution is 2.15. The maximum atomic E-state index is 11.8. The molecule has 0 spiro atoms. The summed E-state index contributed by atoms with van der Waals surface area (Å²) < 4.78 is 5.07. The number of hydrogen-bond acceptors (Lipinski definition) is 4. The van der Waals surface area contributed by atoms with E-state index in [4.69, 9.17) is 9.52 Å². The molecule has 2 rings (SSSR count). The third-order valence-electron chi connectivity index (χ3n) is 3.09. The minimum atomic E-state index is -1.12. The lowest BCUT2D eigenvalue weighted by molar-refractivity contribution is -0.156. The van der Waals surface area contributed by atoms with Crippen molar-refractivity contribution in [2.24, 2.45) is 0 Å². The number of carbonyl (C=O) groups excluding carboxylic acids is 2. The monoisotopic (exact) mass is 266 g/mol. The van der Waals surface area contributed by atoms with Crippen molar-refractivity contribution in [2.45, 2.75) is 13.5 Å². The fraction of sp³-hybridized carbons (Fsp3) is 0.417. The van der Waals surface area contributed by atoms with E-state index in [1.165, 1.54) is 22.1 Å². The second kappa shape index (κ2) is 5.13. The topological polar surface area (TPSA) is 91.1 Å². The van der Waals surface area contributed by atoms with E-state index in [0.717, 1.165) is 0 Å². The van der Waals surface area contributed by atoms with Gasteiger partial charge in [0.05, 0.1) is 12.8 Å². The number of piperazine rings is 1. The molecule has 7 nitrogen and oxygen atoms in total. The summed E-state index contributed by atoms with van der Waals surface area (Å²) >= 11 is 0. The Morgan fingerprint density at radius 3 is 2.58 bits per heavy atom. The van der Waals surface area contributed by atoms with Crippen LogP contribution < -0.4 is 0 Å². The average molecular weight is 266 g/mol. The molecule has 19 heavy (non-hydrogen) atoms. The molecule has 0 bridgehead atoms. The molecule has 0 unspecified atom stereocenters. The lowest BCUT2D eigenvalue weighted by atomic mass is 10.2. The minimum absolute atomic E-state index is 0.00321. The molecule has 102 valence electrons. The predicted molar refractivity (Wildman–Crippen MR) is 63.3 cm³/mol. The highest BCUT2D eigenvalue weighted by atomic mass is 16.4. The van der Waals surface area contributed by atoms with Gasteiger partial charge in [-0.25, -0.2) is 4.79 Å². The molecule has 1 aliphatic heterocycles. The summed E-state index contributed by atoms with van der Waals surface area (Å²) in [4.78, 5) is 37.2. The average Bonchev–Trinajstić information content (AvgIpc) is 2.83. The molecular formula is C12H14N2O5. The van der Waals surface area contributed by atoms with Gasteiger partial charge in [-0.15, -0.1) is 0 Å². The SMILES string of the molecule is CCN1CCN(Cc2occc2C(=O)O)C(=O)C1=O. The van der Waals surface area contributed by atoms with Crippen LogP contribution in [0.25, 0.3) is 0 Å². The number of hydrogen-bond donors (Lipinski definition) is 1. The van der Waals surface area contributed by atoms with E-state index in [1.54, 1.807) is 6.92 Å². The Bertz CT molecular complexity index is 522. The van der Waals surface area contributed by atoms with Crippen LogP contribution in [0.4, 0.5) is 0 Å². The molecule has 0 saturated carbocycles. The van der Waals surface area contributed by atoms with Crippen molar-refractivity contribution in [3.63, 3.8) is 0 Å². The molecule has 1 aromatic heterocycles. The van der Waals surface area contributed by atoms with E-state index in [-0.39, 0.29) is 17.9 Å². The van der Waals surface area contributed by atoms with Crippen LogP contribution in [0.3, 0.4) is 0 Å². The maximum absolute atomic E-state index is 11.8. The smallest absolute Gasteiger partial charge is 0.339 e. The third-order valence-corrected chi connectivity index (χ3v) is 3.09. The molecule has 0 aromatic carbocycles. The lowest BCUT2D eigenvalue weighted by Crippen LogP contribution is -2.53. The number of carboxylic acid groups (broad SMARTS) is 1. The highest BCUT2D eigenvalue weighted by Gasteiger charge is 2.32. The Morgan fingerprint density at radius 1 is 1.32 bits per heavy atom. The van der Waals surface area contributed by atoms with Gasteiger partial charge in [0.15, 0.2) is 0 Å². The van der Waals surface area contributed by atoms with Gasteiger partial charge in [-0.3, -0.25) is 9.59 Å². The van der Waals surface area contributed by atoms with Crippen LogP contribution >= 0.6 is 0 Å². The van der Waals surface area contributed by atoms with E-state index >= 15 is 0 Å². The second-order valence-corrected chi connectivity index (χ2v) is 4.17. The Labute approximate surface area is 109 Å². The van der Waals surface area contributed by atoms with Crippen LogP contribution in [0.1, 0.15) is 23.0 Å². The highest BCUT2D eigenvalue weighted by molar-refractivity contribution is 6.35. The third kappa shape index (κ3) is 2.44. The van der Waals surface area contributed by atoms with Gasteiger partial charge in [0.1, 0.15) is 11.3 Å². The van der Waals surface area contributed by atoms with Crippen LogP contribution in [0.2, 0.25) is 0 Å². The first-order chi connectivity index (χ1) is 9.04. The standard InChI is InChI=1S/C12H14N2O5/c1-2-13-4-5-14(11(16)10(13)15)7-9-8(12(17)18)3-6-19-9/h3,6H,2,4-5,7H2,1H3,(H,17,18). The maximum Gasteiger partial charge on any atom is 0.339 e. The molecule has 1 N–H and O–H groups in total. The van der Waals surface area contributed by atoms with Crippen molar-refractivity contribution in [3.05, 3.63) is 23.7 Å². The molecule has 0 aliphatic carbocycles. The summed E-state index contributed by atoms with van der Waals surface area (Å²) in [6, 6.07) is 1.33. The van der Waals surface area contributed by atoms with Crippen molar-refractivity contribution in [3.8, 4) is 0 Å². The molecular weight excluding hydrogens is 252 g/mol. The molecule has 1 fully saturated rings. The van der Waals surface area contributed by atoms with E-state index in [1.807, 2.05) is 0 Å². The van der Waals surface area contributed by atoms with Gasteiger partial charge in [0, 0.05) is 19.6 Å². The molecule has 1 saturated heterocycles. The number of likely N-dealkylation sites (N-methyl/N-ethyl adjacent to an activating group) is 1. The summed E-state index contributed by atoms with van der Waals surface area (Å²) in [6.07, 6.45) is 1.26. The normalized spacial score (nSPS) is 16.1. The fourth-order valence-electron chi connectivity index (χ4n) is 1.99. The van der Waals surface area contributed by atoms with Crippen LogP contribution in [-0.4, -0.2) is 52.3 Å². The van der Waals surface area contributed by atoms with Crippen molar-refractivity contribution < 1.29 is 23.9 Å². The Kier molecular flexibility index (Phi) is 3.55. The zero-order valence-electron chi connectivity index (χ0n) is 10.5.